The van der Waals surface area contributed by atoms with E-state index in [0.29, 0.717) is 43.0 Å². The van der Waals surface area contributed by atoms with E-state index in [4.69, 9.17) is 16.6 Å². The maximum absolute atomic E-state index is 12.9. The van der Waals surface area contributed by atoms with Crippen molar-refractivity contribution in [3.8, 4) is 6.07 Å². The van der Waals surface area contributed by atoms with Crippen LogP contribution in [0.2, 0.25) is 0 Å². The minimum absolute atomic E-state index is 0.0490. The molecule has 1 aromatic heterocycles. The third kappa shape index (κ3) is 4.91. The number of hydrogen-bond acceptors (Lipinski definition) is 8. The van der Waals surface area contributed by atoms with Gasteiger partial charge in [-0.05, 0) is 73.0 Å². The Morgan fingerprint density at radius 3 is 2.83 bits per heavy atom. The molecule has 1 saturated heterocycles. The Labute approximate surface area is 233 Å². The van der Waals surface area contributed by atoms with Crippen LogP contribution in [0, 0.1) is 17.2 Å². The molecule has 3 aliphatic rings. The van der Waals surface area contributed by atoms with Gasteiger partial charge in [-0.1, -0.05) is 36.4 Å². The molecule has 0 saturated carbocycles. The van der Waals surface area contributed by atoms with Crippen LogP contribution in [-0.2, 0) is 28.5 Å². The van der Waals surface area contributed by atoms with Gasteiger partial charge in [0.15, 0.2) is 5.82 Å². The van der Waals surface area contributed by atoms with Crippen LogP contribution < -0.4 is 16.8 Å². The average Bonchev–Trinajstić information content (AvgIpc) is 3.58. The first-order valence-corrected chi connectivity index (χ1v) is 13.7. The topological polar surface area (TPSA) is 169 Å². The van der Waals surface area contributed by atoms with Gasteiger partial charge in [0.2, 0.25) is 11.8 Å². The van der Waals surface area contributed by atoms with E-state index in [1.807, 2.05) is 18.2 Å². The summed E-state index contributed by atoms with van der Waals surface area (Å²) in [4.78, 5) is 28.1. The van der Waals surface area contributed by atoms with E-state index >= 15 is 0 Å². The second-order valence-electron chi connectivity index (χ2n) is 10.8. The number of nitrogens with two attached hydrogens (primary N) is 2. The quantitative estimate of drug-likeness (QED) is 0.419. The summed E-state index contributed by atoms with van der Waals surface area (Å²) in [7, 11) is 1.74. The number of benzene rings is 1. The minimum Gasteiger partial charge on any atom is -0.399 e. The van der Waals surface area contributed by atoms with E-state index in [1.54, 1.807) is 11.9 Å². The number of aryl methyl sites for hydroxylation is 2. The van der Waals surface area contributed by atoms with Gasteiger partial charge in [0.05, 0.1) is 25.1 Å². The lowest BCUT2D eigenvalue weighted by Crippen LogP contribution is -2.44. The molecule has 2 amide bonds. The summed E-state index contributed by atoms with van der Waals surface area (Å²) in [5, 5.41) is 26.2. The number of nitrogens with one attached hydrogen (secondary N) is 1. The molecule has 11 nitrogen and oxygen atoms in total. The predicted molar refractivity (Wildman–Crippen MR) is 149 cm³/mol. The largest absolute Gasteiger partial charge is 0.399 e. The van der Waals surface area contributed by atoms with E-state index < -0.39 is 11.3 Å². The smallest absolute Gasteiger partial charge is 0.248 e. The molecule has 0 radical (unpaired) electrons. The normalized spacial score (nSPS) is 23.8. The molecular formula is C29H35N9O2. The fraction of sp³-hybridized carbons (Fsp3) is 0.448. The molecule has 5 N–H and O–H groups in total. The number of nitriles is 1. The summed E-state index contributed by atoms with van der Waals surface area (Å²) in [5.74, 6) is 0.0133. The molecular weight excluding hydrogens is 506 g/mol. The Hall–Kier alpha value is -4.30. The Balaban J connectivity index is 1.53. The second-order valence-corrected chi connectivity index (χ2v) is 10.8. The van der Waals surface area contributed by atoms with Crippen molar-refractivity contribution in [2.75, 3.05) is 19.6 Å². The van der Waals surface area contributed by atoms with Gasteiger partial charge in [0.1, 0.15) is 6.04 Å². The number of aromatic nitrogens is 4. The van der Waals surface area contributed by atoms with E-state index in [-0.39, 0.29) is 24.4 Å². The first-order chi connectivity index (χ1) is 19.2. The molecule has 208 valence electrons. The maximum atomic E-state index is 12.9. The van der Waals surface area contributed by atoms with Crippen molar-refractivity contribution in [1.82, 2.24) is 30.4 Å². The molecule has 11 heteroatoms. The zero-order valence-corrected chi connectivity index (χ0v) is 22.8. The number of fused-ring (bicyclic) bond motifs is 2. The summed E-state index contributed by atoms with van der Waals surface area (Å²) in [6.45, 7) is 5.17. The molecule has 1 aliphatic heterocycles. The Kier molecular flexibility index (Phi) is 7.54. The fourth-order valence-electron chi connectivity index (χ4n) is 6.53. The fourth-order valence-corrected chi connectivity index (χ4v) is 6.53. The van der Waals surface area contributed by atoms with E-state index in [0.717, 1.165) is 47.9 Å². The molecule has 40 heavy (non-hydrogen) atoms. The zero-order chi connectivity index (χ0) is 28.4. The number of carbonyl (C=O) groups is 2. The van der Waals surface area contributed by atoms with Gasteiger partial charge in [-0.3, -0.25) is 9.59 Å². The monoisotopic (exact) mass is 541 g/mol. The highest BCUT2D eigenvalue weighted by atomic mass is 16.2. The van der Waals surface area contributed by atoms with Crippen LogP contribution in [-0.4, -0.2) is 62.6 Å². The summed E-state index contributed by atoms with van der Waals surface area (Å²) in [6.07, 6.45) is 8.02. The van der Waals surface area contributed by atoms with E-state index in [2.05, 4.69) is 40.4 Å². The Morgan fingerprint density at radius 1 is 1.30 bits per heavy atom. The minimum atomic E-state index is -0.695. The second kappa shape index (κ2) is 11.1. The molecule has 1 aromatic carbocycles. The van der Waals surface area contributed by atoms with E-state index in [1.165, 1.54) is 4.80 Å². The van der Waals surface area contributed by atoms with Gasteiger partial charge >= 0.3 is 0 Å². The van der Waals surface area contributed by atoms with Gasteiger partial charge < -0.3 is 21.7 Å². The number of hydrogen-bond donors (Lipinski definition) is 3. The highest BCUT2D eigenvalue weighted by molar-refractivity contribution is 5.95. The third-order valence-corrected chi connectivity index (χ3v) is 8.48. The highest BCUT2D eigenvalue weighted by Crippen LogP contribution is 2.51. The van der Waals surface area contributed by atoms with Crippen LogP contribution in [0.5, 0.6) is 0 Å². The SMILES string of the molecule is C=C(N)c1ccc2c(c1)CCC1=CC(C(N)=O)=CCC1C2(CCNCC(=O)N1CCC[C@H]1C#N)c1nnn(C)n1. The highest BCUT2D eigenvalue weighted by Gasteiger charge is 2.49. The Morgan fingerprint density at radius 2 is 2.12 bits per heavy atom. The van der Waals surface area contributed by atoms with E-state index in [9.17, 15) is 14.9 Å². The number of carbonyl (C=O) groups excluding carboxylic acids is 2. The molecule has 3 atom stereocenters. The van der Waals surface area contributed by atoms with Gasteiger partial charge in [-0.15, -0.1) is 10.2 Å². The van der Waals surface area contributed by atoms with Gasteiger partial charge in [-0.25, -0.2) is 0 Å². The third-order valence-electron chi connectivity index (χ3n) is 8.48. The summed E-state index contributed by atoms with van der Waals surface area (Å²) < 4.78 is 0. The van der Waals surface area contributed by atoms with Crippen LogP contribution in [0.3, 0.4) is 0 Å². The average molecular weight is 542 g/mol. The maximum Gasteiger partial charge on any atom is 0.248 e. The molecule has 2 aliphatic carbocycles. The van der Waals surface area contributed by atoms with Crippen molar-refractivity contribution in [1.29, 1.82) is 5.26 Å². The predicted octanol–water partition coefficient (Wildman–Crippen LogP) is 1.22. The van der Waals surface area contributed by atoms with Crippen molar-refractivity contribution in [3.63, 3.8) is 0 Å². The number of allylic oxidation sites excluding steroid dienone is 2. The lowest BCUT2D eigenvalue weighted by molar-refractivity contribution is -0.130. The Bertz CT molecular complexity index is 1450. The van der Waals surface area contributed by atoms with Crippen molar-refractivity contribution in [3.05, 3.63) is 70.6 Å². The summed E-state index contributed by atoms with van der Waals surface area (Å²) >= 11 is 0. The molecule has 2 heterocycles. The van der Waals surface area contributed by atoms with Crippen LogP contribution in [0.15, 0.2) is 48.1 Å². The number of likely N-dealkylation sites (tertiary alicyclic amines) is 1. The van der Waals surface area contributed by atoms with Gasteiger partial charge in [-0.2, -0.15) is 10.1 Å². The van der Waals surface area contributed by atoms with Crippen LogP contribution in [0.4, 0.5) is 0 Å². The van der Waals surface area contributed by atoms with Gasteiger partial charge in [0, 0.05) is 23.7 Å². The lowest BCUT2D eigenvalue weighted by atomic mass is 9.62. The van der Waals surface area contributed by atoms with Crippen LogP contribution in [0.1, 0.15) is 54.6 Å². The molecule has 0 bridgehead atoms. The number of primary amides is 1. The van der Waals surface area contributed by atoms with Crippen molar-refractivity contribution < 1.29 is 9.59 Å². The van der Waals surface area contributed by atoms with Crippen LogP contribution >= 0.6 is 0 Å². The lowest BCUT2D eigenvalue weighted by Gasteiger charge is -2.41. The number of tetrazole rings is 1. The number of amides is 2. The summed E-state index contributed by atoms with van der Waals surface area (Å²) in [5.41, 5.74) is 16.2. The molecule has 1 fully saturated rings. The molecule has 0 spiro atoms. The van der Waals surface area contributed by atoms with Crippen LogP contribution in [0.25, 0.3) is 5.70 Å². The first kappa shape index (κ1) is 27.3. The zero-order valence-electron chi connectivity index (χ0n) is 22.8. The van der Waals surface area contributed by atoms with Crippen molar-refractivity contribution >= 4 is 17.5 Å². The number of rotatable bonds is 8. The van der Waals surface area contributed by atoms with Crippen molar-refractivity contribution in [2.24, 2.45) is 24.4 Å². The molecule has 2 aromatic rings. The van der Waals surface area contributed by atoms with Gasteiger partial charge in [0.25, 0.3) is 0 Å². The molecule has 2 unspecified atom stereocenters. The standard InChI is InChI=1S/C29H35N9O2/c1-18(31)19-7-9-24-20(14-19)5-6-21-15-22(27(32)40)8-10-25(21)29(24,28-34-36-37(2)35-28)11-12-33-17-26(39)38-13-3-4-23(38)16-30/h7-9,14-15,23,25,33H,1,3-6,10-13,17,31H2,2H3,(H2,32,40)/t23-,25?,29?/m0/s1. The van der Waals surface area contributed by atoms with Crippen molar-refractivity contribution in [2.45, 2.75) is 50.0 Å². The molecule has 5 rings (SSSR count). The summed E-state index contributed by atoms with van der Waals surface area (Å²) in [6, 6.07) is 8.01. The number of nitrogens with zero attached hydrogens (tertiary/aromatic N) is 6. The first-order valence-electron chi connectivity index (χ1n) is 13.7.